The van der Waals surface area contributed by atoms with Crippen molar-refractivity contribution >= 4 is 15.9 Å². The van der Waals surface area contributed by atoms with Crippen LogP contribution < -0.4 is 0 Å². The summed E-state index contributed by atoms with van der Waals surface area (Å²) < 4.78 is 7.20. The van der Waals surface area contributed by atoms with Crippen LogP contribution in [0, 0.1) is 11.8 Å². The third-order valence-corrected chi connectivity index (χ3v) is 4.90. The molecule has 1 aromatic rings. The summed E-state index contributed by atoms with van der Waals surface area (Å²) in [7, 11) is 0. The zero-order chi connectivity index (χ0) is 11.7. The van der Waals surface area contributed by atoms with Crippen LogP contribution in [-0.4, -0.2) is 6.61 Å². The molecular weight excluding hydrogens is 276 g/mol. The van der Waals surface area contributed by atoms with Gasteiger partial charge < -0.3 is 4.74 Å². The molecule has 1 aliphatic carbocycles. The molecular formula is C15H19BrO. The molecule has 0 aromatic heterocycles. The van der Waals surface area contributed by atoms with E-state index in [2.05, 4.69) is 40.2 Å². The predicted molar refractivity (Wildman–Crippen MR) is 72.9 cm³/mol. The highest BCUT2D eigenvalue weighted by Gasteiger charge is 2.31. The van der Waals surface area contributed by atoms with E-state index in [-0.39, 0.29) is 0 Å². The van der Waals surface area contributed by atoms with Gasteiger partial charge in [0.1, 0.15) is 0 Å². The van der Waals surface area contributed by atoms with E-state index in [1.165, 1.54) is 37.7 Å². The van der Waals surface area contributed by atoms with Crippen LogP contribution in [0.15, 0.2) is 28.7 Å². The van der Waals surface area contributed by atoms with Gasteiger partial charge in [-0.05, 0) is 42.4 Å². The minimum absolute atomic E-state index is 0.333. The molecule has 0 bridgehead atoms. The van der Waals surface area contributed by atoms with Crippen molar-refractivity contribution < 1.29 is 4.74 Å². The molecule has 2 heteroatoms. The Morgan fingerprint density at radius 2 is 1.71 bits per heavy atom. The van der Waals surface area contributed by atoms with Gasteiger partial charge >= 0.3 is 0 Å². The number of hydrogen-bond donors (Lipinski definition) is 0. The summed E-state index contributed by atoms with van der Waals surface area (Å²) >= 11 is 3.47. The van der Waals surface area contributed by atoms with Crippen LogP contribution in [0.4, 0.5) is 0 Å². The monoisotopic (exact) mass is 294 g/mol. The van der Waals surface area contributed by atoms with Gasteiger partial charge in [0.15, 0.2) is 0 Å². The molecule has 17 heavy (non-hydrogen) atoms. The normalized spacial score (nSPS) is 29.9. The molecule has 2 atom stereocenters. The van der Waals surface area contributed by atoms with Gasteiger partial charge in [0.05, 0.1) is 12.7 Å². The fourth-order valence-corrected chi connectivity index (χ4v) is 3.26. The molecule has 92 valence electrons. The second kappa shape index (κ2) is 5.11. The Bertz CT molecular complexity index is 361. The quantitative estimate of drug-likeness (QED) is 0.767. The lowest BCUT2D eigenvalue weighted by Gasteiger charge is -2.38. The van der Waals surface area contributed by atoms with Crippen LogP contribution in [-0.2, 0) is 4.74 Å². The van der Waals surface area contributed by atoms with Crippen molar-refractivity contribution in [2.45, 2.75) is 38.2 Å². The second-order valence-electron chi connectivity index (χ2n) is 5.40. The van der Waals surface area contributed by atoms with Crippen LogP contribution in [0.25, 0.3) is 0 Å². The maximum atomic E-state index is 6.06. The molecule has 1 saturated heterocycles. The highest BCUT2D eigenvalue weighted by molar-refractivity contribution is 9.10. The molecule has 3 rings (SSSR count). The van der Waals surface area contributed by atoms with Crippen molar-refractivity contribution in [1.29, 1.82) is 0 Å². The molecule has 1 nitrogen and oxygen atoms in total. The van der Waals surface area contributed by atoms with Gasteiger partial charge in [0.25, 0.3) is 0 Å². The van der Waals surface area contributed by atoms with E-state index < -0.39 is 0 Å². The maximum absolute atomic E-state index is 6.06. The van der Waals surface area contributed by atoms with E-state index >= 15 is 0 Å². The van der Waals surface area contributed by atoms with Crippen molar-refractivity contribution in [1.82, 2.24) is 0 Å². The molecule has 2 fully saturated rings. The number of hydrogen-bond acceptors (Lipinski definition) is 1. The first-order valence-corrected chi connectivity index (χ1v) is 7.49. The average Bonchev–Trinajstić information content (AvgIpc) is 2.29. The first-order chi connectivity index (χ1) is 8.33. The summed E-state index contributed by atoms with van der Waals surface area (Å²) in [6.45, 7) is 0.978. The van der Waals surface area contributed by atoms with E-state index in [1.54, 1.807) is 0 Å². The number of halogens is 1. The highest BCUT2D eigenvalue weighted by Crippen LogP contribution is 2.41. The predicted octanol–water partition coefficient (Wildman–Crippen LogP) is 4.72. The SMILES string of the molecule is Brc1ccc(C2CCC(C3CCC3)CO2)cc1. The van der Waals surface area contributed by atoms with Crippen LogP contribution >= 0.6 is 15.9 Å². The van der Waals surface area contributed by atoms with Crippen LogP contribution in [0.1, 0.15) is 43.8 Å². The molecule has 0 radical (unpaired) electrons. The summed E-state index contributed by atoms with van der Waals surface area (Å²) in [5.41, 5.74) is 1.33. The minimum atomic E-state index is 0.333. The summed E-state index contributed by atoms with van der Waals surface area (Å²) in [6, 6.07) is 8.57. The summed E-state index contributed by atoms with van der Waals surface area (Å²) in [4.78, 5) is 0. The summed E-state index contributed by atoms with van der Waals surface area (Å²) in [6.07, 6.45) is 7.21. The Morgan fingerprint density at radius 1 is 0.941 bits per heavy atom. The van der Waals surface area contributed by atoms with Gasteiger partial charge in [-0.3, -0.25) is 0 Å². The van der Waals surface area contributed by atoms with Gasteiger partial charge in [0.2, 0.25) is 0 Å². The molecule has 1 aromatic carbocycles. The van der Waals surface area contributed by atoms with E-state index in [0.29, 0.717) is 6.10 Å². The van der Waals surface area contributed by atoms with Crippen molar-refractivity contribution in [3.63, 3.8) is 0 Å². The summed E-state index contributed by atoms with van der Waals surface area (Å²) in [5.74, 6) is 1.82. The first-order valence-electron chi connectivity index (χ1n) is 6.70. The Hall–Kier alpha value is -0.340. The van der Waals surface area contributed by atoms with Crippen LogP contribution in [0.3, 0.4) is 0 Å². The molecule has 1 aliphatic heterocycles. The van der Waals surface area contributed by atoms with E-state index in [1.807, 2.05) is 0 Å². The molecule has 2 aliphatic rings. The lowest BCUT2D eigenvalue weighted by atomic mass is 9.73. The van der Waals surface area contributed by atoms with E-state index in [9.17, 15) is 0 Å². The number of benzene rings is 1. The zero-order valence-electron chi connectivity index (χ0n) is 10.1. The summed E-state index contributed by atoms with van der Waals surface area (Å²) in [5, 5.41) is 0. The van der Waals surface area contributed by atoms with E-state index in [4.69, 9.17) is 4.74 Å². The molecule has 2 unspecified atom stereocenters. The lowest BCUT2D eigenvalue weighted by molar-refractivity contribution is -0.0449. The largest absolute Gasteiger partial charge is 0.373 e. The minimum Gasteiger partial charge on any atom is -0.373 e. The van der Waals surface area contributed by atoms with Gasteiger partial charge in [0, 0.05) is 4.47 Å². The highest BCUT2D eigenvalue weighted by atomic mass is 79.9. The Labute approximate surface area is 112 Å². The van der Waals surface area contributed by atoms with Crippen molar-refractivity contribution in [2.75, 3.05) is 6.61 Å². The molecule has 0 spiro atoms. The van der Waals surface area contributed by atoms with Gasteiger partial charge in [-0.15, -0.1) is 0 Å². The van der Waals surface area contributed by atoms with Crippen LogP contribution in [0.2, 0.25) is 0 Å². The topological polar surface area (TPSA) is 9.23 Å². The lowest BCUT2D eigenvalue weighted by Crippen LogP contribution is -2.30. The van der Waals surface area contributed by atoms with Gasteiger partial charge in [-0.25, -0.2) is 0 Å². The Balaban J connectivity index is 1.58. The smallest absolute Gasteiger partial charge is 0.0825 e. The number of rotatable bonds is 2. The second-order valence-corrected chi connectivity index (χ2v) is 6.32. The molecule has 0 amide bonds. The average molecular weight is 295 g/mol. The third kappa shape index (κ3) is 2.58. The Kier molecular flexibility index (Phi) is 3.53. The van der Waals surface area contributed by atoms with Gasteiger partial charge in [-0.2, -0.15) is 0 Å². The van der Waals surface area contributed by atoms with E-state index in [0.717, 1.165) is 22.9 Å². The maximum Gasteiger partial charge on any atom is 0.0825 e. The molecule has 0 N–H and O–H groups in total. The fraction of sp³-hybridized carbons (Fsp3) is 0.600. The zero-order valence-corrected chi connectivity index (χ0v) is 11.7. The molecule has 1 saturated carbocycles. The van der Waals surface area contributed by atoms with Crippen molar-refractivity contribution in [3.05, 3.63) is 34.3 Å². The third-order valence-electron chi connectivity index (χ3n) is 4.37. The standard InChI is InChI=1S/C15H19BrO/c16-14-7-4-12(5-8-14)15-9-6-13(10-17-15)11-2-1-3-11/h4-5,7-8,11,13,15H,1-3,6,9-10H2. The molecule has 1 heterocycles. The van der Waals surface area contributed by atoms with Crippen molar-refractivity contribution in [2.24, 2.45) is 11.8 Å². The number of ether oxygens (including phenoxy) is 1. The van der Waals surface area contributed by atoms with Crippen LogP contribution in [0.5, 0.6) is 0 Å². The fourth-order valence-electron chi connectivity index (χ4n) is 3.00. The first kappa shape index (κ1) is 11.7. The van der Waals surface area contributed by atoms with Gasteiger partial charge in [-0.1, -0.05) is 47.3 Å². The Morgan fingerprint density at radius 3 is 2.24 bits per heavy atom. The van der Waals surface area contributed by atoms with Crippen molar-refractivity contribution in [3.8, 4) is 0 Å².